The third kappa shape index (κ3) is 6.37. The summed E-state index contributed by atoms with van der Waals surface area (Å²) < 4.78 is 0. The van der Waals surface area contributed by atoms with Crippen LogP contribution in [0, 0.1) is 11.8 Å². The predicted molar refractivity (Wildman–Crippen MR) is 249 cm³/mol. The second-order valence-electron chi connectivity index (χ2n) is 18.7. The Kier molecular flexibility index (Phi) is 9.18. The Hall–Kier alpha value is -5.66. The van der Waals surface area contributed by atoms with Crippen molar-refractivity contribution in [2.24, 2.45) is 11.8 Å². The highest BCUT2D eigenvalue weighted by molar-refractivity contribution is 5.99. The first kappa shape index (κ1) is 36.4. The van der Waals surface area contributed by atoms with Crippen LogP contribution in [0.4, 0.5) is 17.1 Å². The smallest absolute Gasteiger partial charge is 0.0471 e. The molecule has 292 valence electrons. The van der Waals surface area contributed by atoms with Crippen LogP contribution in [0.15, 0.2) is 164 Å². The maximum atomic E-state index is 2.54. The monoisotopic (exact) mass is 765 g/mol. The molecule has 3 fully saturated rings. The summed E-state index contributed by atoms with van der Waals surface area (Å²) in [5, 5.41) is 0. The molecule has 0 N–H and O–H groups in total. The van der Waals surface area contributed by atoms with Gasteiger partial charge in [-0.3, -0.25) is 0 Å². The van der Waals surface area contributed by atoms with Crippen LogP contribution in [0.25, 0.3) is 44.5 Å². The molecule has 2 bridgehead atoms. The van der Waals surface area contributed by atoms with Crippen molar-refractivity contribution in [2.75, 3.05) is 4.90 Å². The van der Waals surface area contributed by atoms with Crippen molar-refractivity contribution in [2.45, 2.75) is 88.9 Å². The standard InChI is InChI=1S/C58H55N/c1-58(2)55-24-14-13-23-52(55)57-54(51-22-12-11-21-50(51)41-17-7-4-8-18-41)37-47(38-56(57)58)59(46-33-29-43(30-34-46)53-36-39-25-26-44(53)35-39)45-31-27-42(28-32-45)49-20-10-9-19-48(49)40-15-5-3-6-16-40/h4,7-14,17-24,27-34,37-40,44,53H,3,5-6,15-16,25-26,35-36H2,1-2H3. The third-order valence-electron chi connectivity index (χ3n) is 15.0. The molecule has 3 atom stereocenters. The van der Waals surface area contributed by atoms with Crippen LogP contribution in [-0.2, 0) is 5.41 Å². The molecule has 0 aromatic heterocycles. The van der Waals surface area contributed by atoms with Crippen molar-refractivity contribution < 1.29 is 0 Å². The van der Waals surface area contributed by atoms with Crippen molar-refractivity contribution in [3.05, 3.63) is 186 Å². The molecule has 1 nitrogen and oxygen atoms in total. The quantitative estimate of drug-likeness (QED) is 0.149. The number of anilines is 3. The highest BCUT2D eigenvalue weighted by Gasteiger charge is 2.41. The van der Waals surface area contributed by atoms with Crippen molar-refractivity contribution in [1.29, 1.82) is 0 Å². The highest BCUT2D eigenvalue weighted by Crippen LogP contribution is 2.56. The Morgan fingerprint density at radius 3 is 1.80 bits per heavy atom. The van der Waals surface area contributed by atoms with E-state index < -0.39 is 0 Å². The van der Waals surface area contributed by atoms with Gasteiger partial charge in [0.15, 0.2) is 0 Å². The lowest BCUT2D eigenvalue weighted by atomic mass is 9.81. The zero-order valence-corrected chi connectivity index (χ0v) is 34.7. The first-order valence-electron chi connectivity index (χ1n) is 22.5. The van der Waals surface area contributed by atoms with E-state index in [4.69, 9.17) is 0 Å². The lowest BCUT2D eigenvalue weighted by Gasteiger charge is -2.30. The van der Waals surface area contributed by atoms with E-state index in [1.54, 1.807) is 0 Å². The van der Waals surface area contributed by atoms with E-state index >= 15 is 0 Å². The number of hydrogen-bond acceptors (Lipinski definition) is 1. The summed E-state index contributed by atoms with van der Waals surface area (Å²) >= 11 is 0. The molecule has 0 radical (unpaired) electrons. The zero-order valence-electron chi connectivity index (χ0n) is 34.7. The van der Waals surface area contributed by atoms with Crippen LogP contribution >= 0.6 is 0 Å². The minimum absolute atomic E-state index is 0.164. The molecule has 11 rings (SSSR count). The summed E-state index contributed by atoms with van der Waals surface area (Å²) in [6.07, 6.45) is 12.3. The molecule has 0 aliphatic heterocycles. The number of rotatable bonds is 8. The van der Waals surface area contributed by atoms with Crippen LogP contribution in [0.2, 0.25) is 0 Å². The van der Waals surface area contributed by atoms with E-state index in [2.05, 4.69) is 183 Å². The normalized spacial score (nSPS) is 20.3. The molecule has 0 heterocycles. The van der Waals surface area contributed by atoms with Gasteiger partial charge in [-0.1, -0.05) is 167 Å². The summed E-state index contributed by atoms with van der Waals surface area (Å²) in [5.41, 5.74) is 19.7. The topological polar surface area (TPSA) is 3.24 Å². The predicted octanol–water partition coefficient (Wildman–Crippen LogP) is 16.4. The van der Waals surface area contributed by atoms with Gasteiger partial charge in [0.1, 0.15) is 0 Å². The van der Waals surface area contributed by atoms with Crippen LogP contribution in [0.1, 0.15) is 106 Å². The third-order valence-corrected chi connectivity index (χ3v) is 15.0. The van der Waals surface area contributed by atoms with E-state index in [-0.39, 0.29) is 5.41 Å². The molecule has 3 unspecified atom stereocenters. The van der Waals surface area contributed by atoms with Crippen LogP contribution < -0.4 is 4.90 Å². The lowest BCUT2D eigenvalue weighted by Crippen LogP contribution is -2.17. The van der Waals surface area contributed by atoms with E-state index in [1.807, 2.05) is 0 Å². The zero-order chi connectivity index (χ0) is 39.5. The summed E-state index contributed by atoms with van der Waals surface area (Å²) in [6, 6.07) is 62.5. The van der Waals surface area contributed by atoms with Crippen molar-refractivity contribution in [1.82, 2.24) is 0 Å². The fraction of sp³-hybridized carbons (Fsp3) is 0.276. The van der Waals surface area contributed by atoms with Gasteiger partial charge in [-0.2, -0.15) is 0 Å². The second kappa shape index (κ2) is 14.9. The van der Waals surface area contributed by atoms with Gasteiger partial charge in [-0.15, -0.1) is 0 Å². The molecule has 7 aromatic carbocycles. The molecular formula is C58H55N. The summed E-state index contributed by atoms with van der Waals surface area (Å²) in [7, 11) is 0. The molecule has 0 amide bonds. The van der Waals surface area contributed by atoms with Crippen molar-refractivity contribution >= 4 is 17.1 Å². The van der Waals surface area contributed by atoms with Crippen LogP contribution in [0.5, 0.6) is 0 Å². The van der Waals surface area contributed by atoms with Gasteiger partial charge < -0.3 is 4.90 Å². The molecule has 0 spiro atoms. The molecule has 4 aliphatic carbocycles. The van der Waals surface area contributed by atoms with Gasteiger partial charge in [-0.25, -0.2) is 0 Å². The minimum Gasteiger partial charge on any atom is -0.310 e. The molecule has 7 aromatic rings. The Labute approximate surface area is 351 Å². The van der Waals surface area contributed by atoms with Gasteiger partial charge in [-0.05, 0) is 159 Å². The van der Waals surface area contributed by atoms with E-state index in [0.717, 1.165) is 11.8 Å². The Balaban J connectivity index is 1.09. The van der Waals surface area contributed by atoms with E-state index in [0.29, 0.717) is 11.8 Å². The first-order valence-corrected chi connectivity index (χ1v) is 22.5. The first-order chi connectivity index (χ1) is 29.0. The highest BCUT2D eigenvalue weighted by atomic mass is 15.1. The summed E-state index contributed by atoms with van der Waals surface area (Å²) in [6.45, 7) is 4.84. The molecular weight excluding hydrogens is 711 g/mol. The van der Waals surface area contributed by atoms with E-state index in [9.17, 15) is 0 Å². The minimum atomic E-state index is -0.164. The average molecular weight is 766 g/mol. The van der Waals surface area contributed by atoms with Gasteiger partial charge in [0.05, 0.1) is 0 Å². The number of nitrogens with zero attached hydrogens (tertiary/aromatic N) is 1. The summed E-state index contributed by atoms with van der Waals surface area (Å²) in [5.74, 6) is 3.15. The molecule has 3 saturated carbocycles. The van der Waals surface area contributed by atoms with Gasteiger partial charge in [0, 0.05) is 22.5 Å². The Morgan fingerprint density at radius 2 is 1.08 bits per heavy atom. The maximum absolute atomic E-state index is 2.54. The molecule has 1 heteroatoms. The number of hydrogen-bond donors (Lipinski definition) is 0. The van der Waals surface area contributed by atoms with Crippen molar-refractivity contribution in [3.8, 4) is 44.5 Å². The Morgan fingerprint density at radius 1 is 0.458 bits per heavy atom. The van der Waals surface area contributed by atoms with Gasteiger partial charge in [0.2, 0.25) is 0 Å². The second-order valence-corrected chi connectivity index (χ2v) is 18.7. The van der Waals surface area contributed by atoms with Gasteiger partial charge >= 0.3 is 0 Å². The van der Waals surface area contributed by atoms with Crippen LogP contribution in [0.3, 0.4) is 0 Å². The number of benzene rings is 7. The SMILES string of the molecule is CC1(C)c2ccccc2-c2c(-c3ccccc3-c3ccccc3)cc(N(c3ccc(-c4ccccc4C4CCCCC4)cc3)c3ccc(C4CC5CCC4C5)cc3)cc21. The average Bonchev–Trinajstić information content (AvgIpc) is 4.00. The van der Waals surface area contributed by atoms with E-state index in [1.165, 1.54) is 142 Å². The maximum Gasteiger partial charge on any atom is 0.0471 e. The van der Waals surface area contributed by atoms with Gasteiger partial charge in [0.25, 0.3) is 0 Å². The fourth-order valence-electron chi connectivity index (χ4n) is 12.0. The number of fused-ring (bicyclic) bond motifs is 5. The fourth-order valence-corrected chi connectivity index (χ4v) is 12.0. The van der Waals surface area contributed by atoms with Crippen molar-refractivity contribution in [3.63, 3.8) is 0 Å². The Bertz CT molecular complexity index is 2630. The molecule has 4 aliphatic rings. The largest absolute Gasteiger partial charge is 0.310 e. The van der Waals surface area contributed by atoms with Crippen LogP contribution in [-0.4, -0.2) is 0 Å². The lowest BCUT2D eigenvalue weighted by molar-refractivity contribution is 0.420. The summed E-state index contributed by atoms with van der Waals surface area (Å²) in [4.78, 5) is 2.54. The molecule has 0 saturated heterocycles. The molecule has 59 heavy (non-hydrogen) atoms.